The van der Waals surface area contributed by atoms with Gasteiger partial charge >= 0.3 is 0 Å². The van der Waals surface area contributed by atoms with Gasteiger partial charge < -0.3 is 4.42 Å². The van der Waals surface area contributed by atoms with Gasteiger partial charge in [0.2, 0.25) is 0 Å². The first-order valence-electron chi connectivity index (χ1n) is 15.7. The van der Waals surface area contributed by atoms with Crippen molar-refractivity contribution in [1.29, 1.82) is 0 Å². The minimum Gasteiger partial charge on any atom is -0.455 e. The molecule has 2 heterocycles. The third-order valence-corrected chi connectivity index (χ3v) is 7.75. The predicted octanol–water partition coefficient (Wildman–Crippen LogP) is 10.7. The molecule has 39 heavy (non-hydrogen) atoms. The SMILES string of the molecule is [2H]Cc1cc(-c2cccc3c2oc2c4cc(-c5ccc(C(C)(C)C)cc5C(C)(C)C)ccc4ccc32)ncc1C([2H])([2H])[2H]. The Bertz CT molecular complexity index is 2020. The maximum Gasteiger partial charge on any atom is 0.144 e. The number of hydrogen-bond donors (Lipinski definition) is 0. The van der Waals surface area contributed by atoms with Crippen LogP contribution in [0.2, 0.25) is 0 Å². The summed E-state index contributed by atoms with van der Waals surface area (Å²) >= 11 is 0. The van der Waals surface area contributed by atoms with Crippen molar-refractivity contribution in [3.05, 3.63) is 101 Å². The monoisotopic (exact) mass is 515 g/mol. The van der Waals surface area contributed by atoms with Crippen LogP contribution in [0, 0.1) is 13.8 Å². The summed E-state index contributed by atoms with van der Waals surface area (Å²) in [4.78, 5) is 4.51. The molecule has 0 saturated carbocycles. The van der Waals surface area contributed by atoms with Crippen molar-refractivity contribution in [3.63, 3.8) is 0 Å². The molecule has 196 valence electrons. The first-order chi connectivity index (χ1) is 20.2. The first kappa shape index (κ1) is 21.0. The molecule has 0 saturated heterocycles. The molecule has 0 aliphatic heterocycles. The van der Waals surface area contributed by atoms with Crippen molar-refractivity contribution in [2.24, 2.45) is 0 Å². The van der Waals surface area contributed by atoms with Gasteiger partial charge in [0.15, 0.2) is 0 Å². The summed E-state index contributed by atoms with van der Waals surface area (Å²) in [6, 6.07) is 25.4. The van der Waals surface area contributed by atoms with E-state index in [0.29, 0.717) is 16.8 Å². The lowest BCUT2D eigenvalue weighted by Gasteiger charge is -2.27. The molecular weight excluding hydrogens is 474 g/mol. The van der Waals surface area contributed by atoms with Crippen LogP contribution < -0.4 is 0 Å². The van der Waals surface area contributed by atoms with Gasteiger partial charge in [-0.05, 0) is 87.6 Å². The minimum absolute atomic E-state index is 0.0359. The Kier molecular flexibility index (Phi) is 4.74. The number of aryl methyl sites for hydroxylation is 2. The first-order valence-corrected chi connectivity index (χ1v) is 13.5. The lowest BCUT2D eigenvalue weighted by Crippen LogP contribution is -2.17. The average Bonchev–Trinajstić information content (AvgIpc) is 3.34. The van der Waals surface area contributed by atoms with Crippen LogP contribution in [0.3, 0.4) is 0 Å². The van der Waals surface area contributed by atoms with E-state index in [1.54, 1.807) is 6.07 Å². The van der Waals surface area contributed by atoms with Gasteiger partial charge in [-0.2, -0.15) is 0 Å². The summed E-state index contributed by atoms with van der Waals surface area (Å²) in [6.07, 6.45) is 1.38. The van der Waals surface area contributed by atoms with E-state index >= 15 is 0 Å². The fourth-order valence-corrected chi connectivity index (χ4v) is 5.47. The maximum atomic E-state index is 7.95. The summed E-state index contributed by atoms with van der Waals surface area (Å²) < 4.78 is 38.1. The summed E-state index contributed by atoms with van der Waals surface area (Å²) in [5.41, 5.74) is 8.47. The molecule has 2 nitrogen and oxygen atoms in total. The van der Waals surface area contributed by atoms with Crippen LogP contribution in [0.1, 0.15) is 69.3 Å². The zero-order valence-electron chi connectivity index (χ0n) is 27.6. The van der Waals surface area contributed by atoms with Crippen LogP contribution in [0.4, 0.5) is 0 Å². The average molecular weight is 516 g/mol. The second kappa shape index (κ2) is 8.81. The lowest BCUT2D eigenvalue weighted by molar-refractivity contribution is 0.570. The van der Waals surface area contributed by atoms with Crippen molar-refractivity contribution in [1.82, 2.24) is 4.98 Å². The van der Waals surface area contributed by atoms with E-state index < -0.39 is 6.85 Å². The molecule has 0 spiro atoms. The molecule has 2 aromatic heterocycles. The van der Waals surface area contributed by atoms with Gasteiger partial charge in [-0.1, -0.05) is 90.1 Å². The van der Waals surface area contributed by atoms with E-state index in [9.17, 15) is 0 Å². The fourth-order valence-electron chi connectivity index (χ4n) is 5.47. The van der Waals surface area contributed by atoms with Gasteiger partial charge in [0.25, 0.3) is 0 Å². The number of aromatic nitrogens is 1. The topological polar surface area (TPSA) is 26.0 Å². The second-order valence-electron chi connectivity index (χ2n) is 12.6. The smallest absolute Gasteiger partial charge is 0.144 e. The highest BCUT2D eigenvalue weighted by Crippen LogP contribution is 2.41. The number of para-hydroxylation sites is 1. The van der Waals surface area contributed by atoms with Gasteiger partial charge in [0.1, 0.15) is 11.2 Å². The summed E-state index contributed by atoms with van der Waals surface area (Å²) in [5, 5.41) is 4.12. The molecule has 0 unspecified atom stereocenters. The molecule has 0 aliphatic rings. The highest BCUT2D eigenvalue weighted by molar-refractivity contribution is 6.17. The van der Waals surface area contributed by atoms with Crippen molar-refractivity contribution < 1.29 is 9.90 Å². The molecule has 0 radical (unpaired) electrons. The number of rotatable bonds is 2. The van der Waals surface area contributed by atoms with Crippen molar-refractivity contribution in [2.45, 2.75) is 66.1 Å². The fraction of sp³-hybridized carbons (Fsp3) is 0.270. The highest BCUT2D eigenvalue weighted by Gasteiger charge is 2.23. The lowest BCUT2D eigenvalue weighted by atomic mass is 9.77. The Morgan fingerprint density at radius 2 is 1.49 bits per heavy atom. The molecule has 2 heteroatoms. The number of furan rings is 1. The molecular formula is C37H37NO. The molecule has 6 rings (SSSR count). The van der Waals surface area contributed by atoms with E-state index in [-0.39, 0.29) is 23.3 Å². The number of benzene rings is 4. The summed E-state index contributed by atoms with van der Waals surface area (Å²) in [6.45, 7) is 11.1. The number of hydrogen-bond acceptors (Lipinski definition) is 2. The van der Waals surface area contributed by atoms with Crippen molar-refractivity contribution in [3.8, 4) is 22.4 Å². The quantitative estimate of drug-likeness (QED) is 0.229. The second-order valence-corrected chi connectivity index (χ2v) is 12.6. The standard InChI is InChI=1S/C37H37NO/c1-22-18-33(38-21-23(22)2)30-11-9-10-28-29-16-14-24-12-13-25(19-31(24)35(29)39-34(28)30)27-17-15-26(36(3,4)5)20-32(27)37(6,7)8/h9-21H,1-8H3/i1D,2D3. The van der Waals surface area contributed by atoms with E-state index in [0.717, 1.165) is 38.3 Å². The van der Waals surface area contributed by atoms with Crippen LogP contribution in [-0.2, 0) is 10.8 Å². The normalized spacial score (nSPS) is 14.4. The molecule has 0 bridgehead atoms. The molecule has 6 aromatic rings. The minimum atomic E-state index is -2.32. The molecule has 0 N–H and O–H groups in total. The van der Waals surface area contributed by atoms with Crippen LogP contribution in [0.25, 0.3) is 55.1 Å². The molecule has 0 atom stereocenters. The van der Waals surface area contributed by atoms with Crippen molar-refractivity contribution >= 4 is 32.7 Å². The predicted molar refractivity (Wildman–Crippen MR) is 167 cm³/mol. The van der Waals surface area contributed by atoms with Gasteiger partial charge in [-0.3, -0.25) is 4.98 Å². The van der Waals surface area contributed by atoms with Crippen LogP contribution in [0.15, 0.2) is 83.4 Å². The number of fused-ring (bicyclic) bond motifs is 5. The van der Waals surface area contributed by atoms with E-state index in [1.807, 2.05) is 18.2 Å². The van der Waals surface area contributed by atoms with Crippen molar-refractivity contribution in [2.75, 3.05) is 0 Å². The van der Waals surface area contributed by atoms with Gasteiger partial charge in [-0.15, -0.1) is 0 Å². The summed E-state index contributed by atoms with van der Waals surface area (Å²) in [5.74, 6) is 0. The van der Waals surface area contributed by atoms with E-state index in [1.165, 1.54) is 22.9 Å². The Morgan fingerprint density at radius 3 is 2.23 bits per heavy atom. The summed E-state index contributed by atoms with van der Waals surface area (Å²) in [7, 11) is 0. The molecule has 4 aromatic carbocycles. The Labute approximate surface area is 237 Å². The molecule has 0 fully saturated rings. The Morgan fingerprint density at radius 1 is 0.692 bits per heavy atom. The van der Waals surface area contributed by atoms with Gasteiger partial charge in [0.05, 0.1) is 5.69 Å². The van der Waals surface area contributed by atoms with E-state index in [2.05, 4.69) is 95.1 Å². The Balaban J connectivity index is 1.56. The molecule has 0 aliphatic carbocycles. The maximum absolute atomic E-state index is 7.95. The van der Waals surface area contributed by atoms with Gasteiger partial charge in [-0.25, -0.2) is 0 Å². The van der Waals surface area contributed by atoms with Crippen LogP contribution in [0.5, 0.6) is 0 Å². The molecule has 0 amide bonds. The van der Waals surface area contributed by atoms with E-state index in [4.69, 9.17) is 9.90 Å². The third-order valence-electron chi connectivity index (χ3n) is 7.75. The number of nitrogens with zero attached hydrogens (tertiary/aromatic N) is 1. The largest absolute Gasteiger partial charge is 0.455 e. The zero-order valence-corrected chi connectivity index (χ0v) is 23.6. The van der Waals surface area contributed by atoms with Crippen LogP contribution >= 0.6 is 0 Å². The zero-order chi connectivity index (χ0) is 30.9. The highest BCUT2D eigenvalue weighted by atomic mass is 16.3. The van der Waals surface area contributed by atoms with Crippen LogP contribution in [-0.4, -0.2) is 4.98 Å². The van der Waals surface area contributed by atoms with Gasteiger partial charge in [0, 0.05) is 33.4 Å². The Hall–Kier alpha value is -3.91. The number of pyridine rings is 1. The third kappa shape index (κ3) is 4.33.